The first-order valence-corrected chi connectivity index (χ1v) is 10.4. The second-order valence-corrected chi connectivity index (χ2v) is 8.83. The first-order chi connectivity index (χ1) is 14.5. The maximum absolute atomic E-state index is 14.3. The molecule has 3 aromatic carbocycles. The van der Waals surface area contributed by atoms with E-state index in [1.54, 1.807) is 24.3 Å². The Morgan fingerprint density at radius 2 is 1.68 bits per heavy atom. The van der Waals surface area contributed by atoms with Crippen LogP contribution in [0.15, 0.2) is 52.9 Å². The van der Waals surface area contributed by atoms with Crippen LogP contribution >= 0.6 is 35.1 Å². The van der Waals surface area contributed by atoms with Gasteiger partial charge in [0.15, 0.2) is 10.6 Å². The van der Waals surface area contributed by atoms with Crippen molar-refractivity contribution in [2.24, 2.45) is 10.1 Å². The van der Waals surface area contributed by atoms with Crippen molar-refractivity contribution in [1.82, 2.24) is 0 Å². The van der Waals surface area contributed by atoms with Gasteiger partial charge in [-0.05, 0) is 46.5 Å². The van der Waals surface area contributed by atoms with E-state index in [2.05, 4.69) is 4.40 Å². The van der Waals surface area contributed by atoms with Crippen LogP contribution in [0.3, 0.4) is 0 Å². The summed E-state index contributed by atoms with van der Waals surface area (Å²) in [5.41, 5.74) is 6.00. The third kappa shape index (κ3) is 3.56. The molecule has 0 bridgehead atoms. The molecule has 1 aliphatic rings. The third-order valence-corrected chi connectivity index (χ3v) is 6.92. The zero-order valence-electron chi connectivity index (χ0n) is 15.4. The predicted octanol–water partition coefficient (Wildman–Crippen LogP) is 6.68. The van der Waals surface area contributed by atoms with Gasteiger partial charge in [-0.1, -0.05) is 53.5 Å². The number of nitrogens with two attached hydrogens (primary N) is 1. The van der Waals surface area contributed by atoms with E-state index in [9.17, 15) is 22.4 Å². The van der Waals surface area contributed by atoms with Crippen LogP contribution in [0.1, 0.15) is 27.9 Å². The van der Waals surface area contributed by atoms with Gasteiger partial charge in [-0.3, -0.25) is 4.79 Å². The molecule has 10 heteroatoms. The van der Waals surface area contributed by atoms with Gasteiger partial charge in [-0.15, -0.1) is 0 Å². The molecule has 0 saturated carbocycles. The second kappa shape index (κ2) is 7.69. The standard InChI is InChI=1S/C21H12Cl2F4N2OS/c22-15-7-10(8-16(23)18(15)24)20(21(25,26)27)9-17(29-31-20)13-5-6-14(19(28)30)12-4-2-1-3-11(12)13/h1-8H,9H2,(H2,28,30). The number of fused-ring (bicyclic) bond motifs is 1. The molecule has 1 heterocycles. The van der Waals surface area contributed by atoms with Crippen LogP contribution in [0.2, 0.25) is 10.0 Å². The summed E-state index contributed by atoms with van der Waals surface area (Å²) in [5.74, 6) is -1.63. The lowest BCUT2D eigenvalue weighted by atomic mass is 9.87. The van der Waals surface area contributed by atoms with E-state index >= 15 is 0 Å². The van der Waals surface area contributed by atoms with Gasteiger partial charge in [-0.25, -0.2) is 8.79 Å². The van der Waals surface area contributed by atoms with E-state index < -0.39 is 39.1 Å². The largest absolute Gasteiger partial charge is 0.409 e. The van der Waals surface area contributed by atoms with Gasteiger partial charge in [-0.2, -0.15) is 13.2 Å². The summed E-state index contributed by atoms with van der Waals surface area (Å²) in [6.07, 6.45) is -5.27. The van der Waals surface area contributed by atoms with Crippen LogP contribution in [0, 0.1) is 5.82 Å². The number of hydrogen-bond acceptors (Lipinski definition) is 3. The predicted molar refractivity (Wildman–Crippen MR) is 115 cm³/mol. The van der Waals surface area contributed by atoms with Gasteiger partial charge in [0.2, 0.25) is 5.91 Å². The number of primary amides is 1. The van der Waals surface area contributed by atoms with Crippen molar-refractivity contribution in [3.63, 3.8) is 0 Å². The van der Waals surface area contributed by atoms with E-state index in [0.29, 0.717) is 28.3 Å². The summed E-state index contributed by atoms with van der Waals surface area (Å²) >= 11 is 11.9. The number of nitrogens with zero attached hydrogens (tertiary/aromatic N) is 1. The summed E-state index contributed by atoms with van der Waals surface area (Å²) in [6, 6.07) is 11.6. The highest BCUT2D eigenvalue weighted by Gasteiger charge is 2.60. The molecule has 1 amide bonds. The molecule has 0 fully saturated rings. The van der Waals surface area contributed by atoms with Gasteiger partial charge in [0, 0.05) is 17.5 Å². The molecule has 1 aliphatic heterocycles. The van der Waals surface area contributed by atoms with E-state index in [-0.39, 0.29) is 16.8 Å². The van der Waals surface area contributed by atoms with Crippen LogP contribution in [0.25, 0.3) is 10.8 Å². The van der Waals surface area contributed by atoms with Crippen molar-refractivity contribution in [1.29, 1.82) is 0 Å². The summed E-state index contributed by atoms with van der Waals surface area (Å²) in [5, 5.41) is 0.0525. The lowest BCUT2D eigenvalue weighted by Crippen LogP contribution is -2.38. The van der Waals surface area contributed by atoms with Crippen molar-refractivity contribution >= 4 is 57.5 Å². The normalized spacial score (nSPS) is 19.0. The van der Waals surface area contributed by atoms with E-state index in [1.807, 2.05) is 0 Å². The quantitative estimate of drug-likeness (QED) is 0.255. The molecule has 0 spiro atoms. The summed E-state index contributed by atoms with van der Waals surface area (Å²) in [4.78, 5) is 11.7. The molecule has 3 nitrogen and oxygen atoms in total. The molecule has 1 unspecified atom stereocenters. The molecule has 0 saturated heterocycles. The molecular weight excluding hydrogens is 475 g/mol. The highest BCUT2D eigenvalue weighted by atomic mass is 35.5. The Kier molecular flexibility index (Phi) is 5.44. The summed E-state index contributed by atoms with van der Waals surface area (Å²) in [7, 11) is 0. The monoisotopic (exact) mass is 486 g/mol. The van der Waals surface area contributed by atoms with Crippen LogP contribution in [0.5, 0.6) is 0 Å². The number of carbonyl (C=O) groups is 1. The van der Waals surface area contributed by atoms with Crippen molar-refractivity contribution in [2.45, 2.75) is 17.3 Å². The van der Waals surface area contributed by atoms with Gasteiger partial charge >= 0.3 is 6.18 Å². The fourth-order valence-electron chi connectivity index (χ4n) is 3.60. The van der Waals surface area contributed by atoms with Crippen LogP contribution in [-0.2, 0) is 4.75 Å². The number of amides is 1. The first-order valence-electron chi connectivity index (χ1n) is 8.84. The van der Waals surface area contributed by atoms with Crippen LogP contribution < -0.4 is 5.73 Å². The summed E-state index contributed by atoms with van der Waals surface area (Å²) < 4.78 is 58.4. The maximum atomic E-state index is 14.3. The fourth-order valence-corrected chi connectivity index (χ4v) is 5.05. The first kappa shape index (κ1) is 21.9. The Bertz CT molecular complexity index is 1240. The topological polar surface area (TPSA) is 55.5 Å². The van der Waals surface area contributed by atoms with Gasteiger partial charge in [0.05, 0.1) is 15.8 Å². The molecule has 160 valence electrons. The summed E-state index contributed by atoms with van der Waals surface area (Å²) in [6.45, 7) is 0. The molecule has 0 aromatic heterocycles. The molecule has 1 atom stereocenters. The molecule has 31 heavy (non-hydrogen) atoms. The fraction of sp³-hybridized carbons (Fsp3) is 0.143. The lowest BCUT2D eigenvalue weighted by molar-refractivity contribution is -0.159. The Labute approximate surface area is 188 Å². The zero-order valence-corrected chi connectivity index (χ0v) is 17.8. The van der Waals surface area contributed by atoms with Crippen molar-refractivity contribution in [3.05, 3.63) is 81.1 Å². The minimum Gasteiger partial charge on any atom is -0.366 e. The number of halogens is 6. The number of carbonyl (C=O) groups excluding carboxylic acids is 1. The Hall–Kier alpha value is -2.29. The molecule has 0 radical (unpaired) electrons. The lowest BCUT2D eigenvalue weighted by Gasteiger charge is -2.30. The number of benzene rings is 3. The number of rotatable bonds is 3. The highest BCUT2D eigenvalue weighted by molar-refractivity contribution is 7.99. The van der Waals surface area contributed by atoms with Crippen LogP contribution in [-0.4, -0.2) is 17.8 Å². The number of alkyl halides is 3. The van der Waals surface area contributed by atoms with Gasteiger partial charge < -0.3 is 5.73 Å². The Balaban J connectivity index is 1.85. The van der Waals surface area contributed by atoms with E-state index in [1.165, 1.54) is 12.1 Å². The SMILES string of the molecule is NC(=O)c1ccc(C2=NSC(c3cc(Cl)c(F)c(Cl)c3)(C(F)(F)F)C2)c2ccccc12. The van der Waals surface area contributed by atoms with Crippen molar-refractivity contribution < 1.29 is 22.4 Å². The second-order valence-electron chi connectivity index (χ2n) is 6.96. The maximum Gasteiger partial charge on any atom is 0.409 e. The minimum absolute atomic E-state index is 0.172. The smallest absolute Gasteiger partial charge is 0.366 e. The minimum atomic E-state index is -4.74. The van der Waals surface area contributed by atoms with E-state index in [0.717, 1.165) is 12.1 Å². The van der Waals surface area contributed by atoms with Gasteiger partial charge in [0.1, 0.15) is 0 Å². The average molecular weight is 487 g/mol. The van der Waals surface area contributed by atoms with Crippen LogP contribution in [0.4, 0.5) is 17.6 Å². The van der Waals surface area contributed by atoms with Crippen molar-refractivity contribution in [2.75, 3.05) is 0 Å². The molecular formula is C21H12Cl2F4N2OS. The Morgan fingerprint density at radius 1 is 1.06 bits per heavy atom. The molecule has 3 aromatic rings. The van der Waals surface area contributed by atoms with E-state index in [4.69, 9.17) is 28.9 Å². The molecule has 2 N–H and O–H groups in total. The molecule has 4 rings (SSSR count). The number of hydrogen-bond donors (Lipinski definition) is 1. The Morgan fingerprint density at radius 3 is 2.26 bits per heavy atom. The third-order valence-electron chi connectivity index (χ3n) is 5.14. The van der Waals surface area contributed by atoms with Crippen molar-refractivity contribution in [3.8, 4) is 0 Å². The molecule has 0 aliphatic carbocycles. The van der Waals surface area contributed by atoms with Gasteiger partial charge in [0.25, 0.3) is 0 Å². The zero-order chi connectivity index (χ0) is 22.6. The average Bonchev–Trinajstić information content (AvgIpc) is 3.17. The highest BCUT2D eigenvalue weighted by Crippen LogP contribution is 2.57.